The van der Waals surface area contributed by atoms with Gasteiger partial charge in [-0.15, -0.1) is 0 Å². The first-order valence-corrected chi connectivity index (χ1v) is 9.81. The maximum Gasteiger partial charge on any atom is 0.360 e. The van der Waals surface area contributed by atoms with E-state index in [1.54, 1.807) is 42.5 Å². The standard InChI is InChI=1S/C22H17N3O7/c26-19(24-15-8-13-3-1-2-4-16(13)32-21(15)28)14-9-23-22(29)25(20(14)27)10-12-5-6-17-18(7-12)31-11-30-17/h1-8,14H,9-11H2,(H,23,29)(H,24,26). The van der Waals surface area contributed by atoms with E-state index in [2.05, 4.69) is 10.6 Å². The molecule has 4 amide bonds. The number of hydrogen-bond donors (Lipinski definition) is 2. The fourth-order valence-corrected chi connectivity index (χ4v) is 3.61. The number of carbonyl (C=O) groups excluding carboxylic acids is 3. The molecule has 5 rings (SSSR count). The molecule has 162 valence electrons. The highest BCUT2D eigenvalue weighted by Gasteiger charge is 2.39. The number of fused-ring (bicyclic) bond motifs is 2. The Morgan fingerprint density at radius 1 is 1.06 bits per heavy atom. The van der Waals surface area contributed by atoms with Gasteiger partial charge in [-0.05, 0) is 29.8 Å². The number of carbonyl (C=O) groups is 3. The summed E-state index contributed by atoms with van der Waals surface area (Å²) < 4.78 is 15.8. The van der Waals surface area contributed by atoms with E-state index in [9.17, 15) is 19.2 Å². The molecule has 1 unspecified atom stereocenters. The third kappa shape index (κ3) is 3.51. The van der Waals surface area contributed by atoms with Crippen molar-refractivity contribution in [2.75, 3.05) is 18.7 Å². The van der Waals surface area contributed by atoms with Gasteiger partial charge >= 0.3 is 11.7 Å². The van der Waals surface area contributed by atoms with E-state index in [-0.39, 0.29) is 25.6 Å². The predicted octanol–water partition coefficient (Wildman–Crippen LogP) is 1.83. The maximum atomic E-state index is 12.9. The summed E-state index contributed by atoms with van der Waals surface area (Å²) in [6.45, 7) is -0.129. The van der Waals surface area contributed by atoms with E-state index < -0.39 is 29.4 Å². The van der Waals surface area contributed by atoms with Crippen molar-refractivity contribution < 1.29 is 28.3 Å². The SMILES string of the molecule is O=C(Nc1cc2ccccc2oc1=O)C1CNC(=O)N(Cc2ccc3c(c2)OCO3)C1=O. The van der Waals surface area contributed by atoms with Crippen LogP contribution in [0.15, 0.2) is 57.7 Å². The highest BCUT2D eigenvalue weighted by atomic mass is 16.7. The maximum absolute atomic E-state index is 12.9. The van der Waals surface area contributed by atoms with Crippen LogP contribution >= 0.6 is 0 Å². The van der Waals surface area contributed by atoms with Crippen LogP contribution in [0.4, 0.5) is 10.5 Å². The third-order valence-corrected chi connectivity index (χ3v) is 5.26. The van der Waals surface area contributed by atoms with E-state index in [0.717, 1.165) is 4.90 Å². The number of imide groups is 1. The molecule has 0 aliphatic carbocycles. The van der Waals surface area contributed by atoms with Crippen molar-refractivity contribution in [2.24, 2.45) is 5.92 Å². The molecule has 0 radical (unpaired) electrons. The number of rotatable bonds is 4. The first kappa shape index (κ1) is 19.6. The van der Waals surface area contributed by atoms with Crippen LogP contribution in [0.2, 0.25) is 0 Å². The molecule has 1 fully saturated rings. The van der Waals surface area contributed by atoms with Gasteiger partial charge in [0.05, 0.1) is 6.54 Å². The summed E-state index contributed by atoms with van der Waals surface area (Å²) in [5.41, 5.74) is 0.197. The van der Waals surface area contributed by atoms with E-state index >= 15 is 0 Å². The third-order valence-electron chi connectivity index (χ3n) is 5.26. The normalized spacial score (nSPS) is 17.4. The average molecular weight is 435 g/mol. The lowest BCUT2D eigenvalue weighted by molar-refractivity contribution is -0.139. The zero-order valence-corrected chi connectivity index (χ0v) is 16.6. The van der Waals surface area contributed by atoms with E-state index in [0.29, 0.717) is 28.0 Å². The van der Waals surface area contributed by atoms with Gasteiger partial charge in [0.2, 0.25) is 18.6 Å². The number of nitrogens with zero attached hydrogens (tertiary/aromatic N) is 1. The number of benzene rings is 2. The Balaban J connectivity index is 1.34. The molecule has 10 heteroatoms. The Morgan fingerprint density at radius 2 is 1.88 bits per heavy atom. The van der Waals surface area contributed by atoms with Crippen LogP contribution in [0.3, 0.4) is 0 Å². The van der Waals surface area contributed by atoms with Crippen LogP contribution < -0.4 is 25.7 Å². The van der Waals surface area contributed by atoms with Crippen LogP contribution in [0.25, 0.3) is 11.0 Å². The zero-order chi connectivity index (χ0) is 22.2. The van der Waals surface area contributed by atoms with Crippen molar-refractivity contribution in [3.63, 3.8) is 0 Å². The van der Waals surface area contributed by atoms with Crippen molar-refractivity contribution in [3.8, 4) is 11.5 Å². The summed E-state index contributed by atoms with van der Waals surface area (Å²) in [6, 6.07) is 12.8. The second-order valence-electron chi connectivity index (χ2n) is 7.33. The van der Waals surface area contributed by atoms with Crippen LogP contribution in [-0.4, -0.2) is 36.1 Å². The van der Waals surface area contributed by atoms with E-state index in [4.69, 9.17) is 13.9 Å². The molecule has 2 aliphatic heterocycles. The highest BCUT2D eigenvalue weighted by Crippen LogP contribution is 2.33. The quantitative estimate of drug-likeness (QED) is 0.473. The molecule has 3 heterocycles. The fraction of sp³-hybridized carbons (Fsp3) is 0.182. The molecular weight excluding hydrogens is 418 g/mol. The van der Waals surface area contributed by atoms with Gasteiger partial charge in [-0.25, -0.2) is 9.59 Å². The fourth-order valence-electron chi connectivity index (χ4n) is 3.61. The molecule has 2 aliphatic rings. The topological polar surface area (TPSA) is 127 Å². The van der Waals surface area contributed by atoms with Gasteiger partial charge < -0.3 is 24.5 Å². The summed E-state index contributed by atoms with van der Waals surface area (Å²) in [5, 5.41) is 5.62. The Morgan fingerprint density at radius 3 is 2.75 bits per heavy atom. The lowest BCUT2D eigenvalue weighted by Gasteiger charge is -2.30. The van der Waals surface area contributed by atoms with Gasteiger partial charge in [0, 0.05) is 11.9 Å². The second-order valence-corrected chi connectivity index (χ2v) is 7.33. The molecule has 32 heavy (non-hydrogen) atoms. The van der Waals surface area contributed by atoms with Crippen molar-refractivity contribution in [1.29, 1.82) is 0 Å². The molecule has 0 bridgehead atoms. The predicted molar refractivity (Wildman–Crippen MR) is 111 cm³/mol. The van der Waals surface area contributed by atoms with Gasteiger partial charge in [-0.3, -0.25) is 14.5 Å². The summed E-state index contributed by atoms with van der Waals surface area (Å²) in [5.74, 6) is -1.49. The van der Waals surface area contributed by atoms with Crippen molar-refractivity contribution in [3.05, 3.63) is 64.5 Å². The Bertz CT molecular complexity index is 1320. The van der Waals surface area contributed by atoms with Gasteiger partial charge in [0.15, 0.2) is 11.5 Å². The van der Waals surface area contributed by atoms with Crippen molar-refractivity contribution in [2.45, 2.75) is 6.54 Å². The number of ether oxygens (including phenoxy) is 2. The molecule has 0 spiro atoms. The summed E-state index contributed by atoms with van der Waals surface area (Å²) in [7, 11) is 0. The molecule has 3 aromatic rings. The van der Waals surface area contributed by atoms with Crippen LogP contribution in [-0.2, 0) is 16.1 Å². The van der Waals surface area contributed by atoms with Gasteiger partial charge in [0.25, 0.3) is 0 Å². The molecule has 0 saturated carbocycles. The molecule has 2 aromatic carbocycles. The summed E-state index contributed by atoms with van der Waals surface area (Å²) in [4.78, 5) is 51.2. The Labute approximate surface area is 180 Å². The van der Waals surface area contributed by atoms with E-state index in [1.807, 2.05) is 0 Å². The van der Waals surface area contributed by atoms with Gasteiger partial charge in [0.1, 0.15) is 17.2 Å². The minimum Gasteiger partial charge on any atom is -0.454 e. The number of hydrogen-bond acceptors (Lipinski definition) is 7. The molecular formula is C22H17N3O7. The molecule has 1 atom stereocenters. The number of amides is 4. The van der Waals surface area contributed by atoms with Crippen LogP contribution in [0, 0.1) is 5.92 Å². The number of anilines is 1. The Kier molecular flexibility index (Phi) is 4.74. The Hall–Kier alpha value is -4.34. The van der Waals surface area contributed by atoms with Crippen molar-refractivity contribution >= 4 is 34.5 Å². The summed E-state index contributed by atoms with van der Waals surface area (Å²) >= 11 is 0. The van der Waals surface area contributed by atoms with Crippen LogP contribution in [0.1, 0.15) is 5.56 Å². The molecule has 2 N–H and O–H groups in total. The summed E-state index contributed by atoms with van der Waals surface area (Å²) in [6.07, 6.45) is 0. The number of nitrogens with one attached hydrogen (secondary N) is 2. The van der Waals surface area contributed by atoms with Crippen molar-refractivity contribution in [1.82, 2.24) is 10.2 Å². The minimum absolute atomic E-state index is 0.0524. The monoisotopic (exact) mass is 435 g/mol. The molecule has 10 nitrogen and oxygen atoms in total. The average Bonchev–Trinajstić information content (AvgIpc) is 3.25. The lowest BCUT2D eigenvalue weighted by atomic mass is 10.0. The molecule has 1 saturated heterocycles. The highest BCUT2D eigenvalue weighted by molar-refractivity contribution is 6.12. The minimum atomic E-state index is -1.20. The lowest BCUT2D eigenvalue weighted by Crippen LogP contribution is -2.57. The first-order valence-electron chi connectivity index (χ1n) is 9.81. The number of para-hydroxylation sites is 1. The largest absolute Gasteiger partial charge is 0.454 e. The van der Waals surface area contributed by atoms with Gasteiger partial charge in [-0.1, -0.05) is 24.3 Å². The second kappa shape index (κ2) is 7.73. The van der Waals surface area contributed by atoms with Gasteiger partial charge in [-0.2, -0.15) is 0 Å². The van der Waals surface area contributed by atoms with E-state index in [1.165, 1.54) is 6.07 Å². The van der Waals surface area contributed by atoms with Crippen LogP contribution in [0.5, 0.6) is 11.5 Å². The smallest absolute Gasteiger partial charge is 0.360 e. The molecule has 1 aromatic heterocycles. The first-order chi connectivity index (χ1) is 15.5. The number of urea groups is 1. The zero-order valence-electron chi connectivity index (χ0n) is 16.6.